The molecule has 1 atom stereocenters. The van der Waals surface area contributed by atoms with E-state index in [0.717, 1.165) is 25.5 Å². The lowest BCUT2D eigenvalue weighted by Gasteiger charge is -2.23. The highest BCUT2D eigenvalue weighted by Gasteiger charge is 2.25. The minimum Gasteiger partial charge on any atom is -0.337 e. The predicted octanol–water partition coefficient (Wildman–Crippen LogP) is 0.676. The van der Waals surface area contributed by atoms with E-state index in [9.17, 15) is 0 Å². The molecule has 3 heterocycles. The molecule has 0 aliphatic carbocycles. The molecule has 1 fully saturated rings. The van der Waals surface area contributed by atoms with Crippen LogP contribution in [0.15, 0.2) is 25.0 Å². The molecular weight excluding hydrogens is 228 g/mol. The molecule has 2 aromatic heterocycles. The van der Waals surface area contributed by atoms with Crippen molar-refractivity contribution in [2.75, 3.05) is 6.54 Å². The molecule has 0 radical (unpaired) electrons. The second kappa shape index (κ2) is 4.89. The fourth-order valence-electron chi connectivity index (χ4n) is 2.58. The SMILES string of the molecule is Cn1ccnc1CN1CCC[C@@H]1Cn1cncn1. The Hall–Kier alpha value is -1.69. The summed E-state index contributed by atoms with van der Waals surface area (Å²) < 4.78 is 4.01. The summed E-state index contributed by atoms with van der Waals surface area (Å²) in [5.74, 6) is 1.13. The standard InChI is InChI=1S/C12H18N6/c1-16-6-4-14-12(16)8-17-5-2-3-11(17)7-18-10-13-9-15-18/h4,6,9-11H,2-3,5,7-8H2,1H3/t11-/m1/s1. The van der Waals surface area contributed by atoms with Gasteiger partial charge in [0.2, 0.25) is 0 Å². The van der Waals surface area contributed by atoms with Gasteiger partial charge in [-0.1, -0.05) is 0 Å². The largest absolute Gasteiger partial charge is 0.337 e. The van der Waals surface area contributed by atoms with Gasteiger partial charge in [-0.05, 0) is 19.4 Å². The van der Waals surface area contributed by atoms with Crippen LogP contribution in [0.3, 0.4) is 0 Å². The van der Waals surface area contributed by atoms with E-state index in [4.69, 9.17) is 0 Å². The van der Waals surface area contributed by atoms with E-state index in [0.29, 0.717) is 6.04 Å². The summed E-state index contributed by atoms with van der Waals surface area (Å²) in [6, 6.07) is 0.545. The molecule has 6 nitrogen and oxygen atoms in total. The molecule has 3 rings (SSSR count). The van der Waals surface area contributed by atoms with E-state index < -0.39 is 0 Å². The van der Waals surface area contributed by atoms with Crippen molar-refractivity contribution in [3.8, 4) is 0 Å². The fraction of sp³-hybridized carbons (Fsp3) is 0.583. The summed E-state index contributed by atoms with van der Waals surface area (Å²) in [5.41, 5.74) is 0. The summed E-state index contributed by atoms with van der Waals surface area (Å²) >= 11 is 0. The number of aryl methyl sites for hydroxylation is 1. The number of hydrogen-bond acceptors (Lipinski definition) is 4. The van der Waals surface area contributed by atoms with Crippen LogP contribution in [-0.2, 0) is 20.1 Å². The Labute approximate surface area is 106 Å². The molecule has 18 heavy (non-hydrogen) atoms. The Morgan fingerprint density at radius 1 is 1.44 bits per heavy atom. The van der Waals surface area contributed by atoms with Gasteiger partial charge in [0.25, 0.3) is 0 Å². The van der Waals surface area contributed by atoms with Gasteiger partial charge < -0.3 is 4.57 Å². The van der Waals surface area contributed by atoms with Gasteiger partial charge in [0.05, 0.1) is 13.1 Å². The van der Waals surface area contributed by atoms with E-state index in [1.54, 1.807) is 12.7 Å². The van der Waals surface area contributed by atoms with Gasteiger partial charge >= 0.3 is 0 Å². The summed E-state index contributed by atoms with van der Waals surface area (Å²) in [5, 5.41) is 4.19. The molecule has 0 aromatic carbocycles. The second-order valence-corrected chi connectivity index (χ2v) is 4.84. The van der Waals surface area contributed by atoms with Crippen molar-refractivity contribution < 1.29 is 0 Å². The van der Waals surface area contributed by atoms with Crippen LogP contribution in [0.4, 0.5) is 0 Å². The molecule has 0 unspecified atom stereocenters. The van der Waals surface area contributed by atoms with Crippen LogP contribution in [0.25, 0.3) is 0 Å². The highest BCUT2D eigenvalue weighted by atomic mass is 15.3. The Kier molecular flexibility index (Phi) is 3.10. The molecule has 1 aliphatic heterocycles. The topological polar surface area (TPSA) is 51.8 Å². The molecule has 6 heteroatoms. The van der Waals surface area contributed by atoms with Gasteiger partial charge in [-0.3, -0.25) is 9.58 Å². The van der Waals surface area contributed by atoms with Crippen LogP contribution < -0.4 is 0 Å². The number of rotatable bonds is 4. The summed E-state index contributed by atoms with van der Waals surface area (Å²) in [6.07, 6.45) is 9.72. The molecule has 0 bridgehead atoms. The first-order chi connectivity index (χ1) is 8.83. The molecular formula is C12H18N6. The Morgan fingerprint density at radius 3 is 3.11 bits per heavy atom. The normalized spacial score (nSPS) is 20.6. The molecule has 2 aromatic rings. The van der Waals surface area contributed by atoms with Crippen LogP contribution in [0.2, 0.25) is 0 Å². The first kappa shape index (κ1) is 11.4. The average Bonchev–Trinajstić information content (AvgIpc) is 3.06. The van der Waals surface area contributed by atoms with Crippen LogP contribution in [0.5, 0.6) is 0 Å². The molecule has 0 amide bonds. The average molecular weight is 246 g/mol. The van der Waals surface area contributed by atoms with Crippen LogP contribution in [0.1, 0.15) is 18.7 Å². The van der Waals surface area contributed by atoms with Crippen molar-refractivity contribution in [3.63, 3.8) is 0 Å². The van der Waals surface area contributed by atoms with Crippen molar-refractivity contribution in [1.82, 2.24) is 29.2 Å². The van der Waals surface area contributed by atoms with Crippen LogP contribution >= 0.6 is 0 Å². The first-order valence-corrected chi connectivity index (χ1v) is 6.35. The third kappa shape index (κ3) is 2.28. The number of imidazole rings is 1. The van der Waals surface area contributed by atoms with Crippen molar-refractivity contribution in [1.29, 1.82) is 0 Å². The molecule has 1 aliphatic rings. The minimum absolute atomic E-state index is 0.545. The van der Waals surface area contributed by atoms with E-state index in [-0.39, 0.29) is 0 Å². The molecule has 0 saturated carbocycles. The van der Waals surface area contributed by atoms with E-state index in [2.05, 4.69) is 24.5 Å². The minimum atomic E-state index is 0.545. The predicted molar refractivity (Wildman–Crippen MR) is 66.7 cm³/mol. The molecule has 96 valence electrons. The quantitative estimate of drug-likeness (QED) is 0.796. The highest BCUT2D eigenvalue weighted by molar-refractivity contribution is 4.93. The smallest absolute Gasteiger partial charge is 0.137 e. The maximum Gasteiger partial charge on any atom is 0.137 e. The van der Waals surface area contributed by atoms with Crippen molar-refractivity contribution in [3.05, 3.63) is 30.9 Å². The zero-order valence-corrected chi connectivity index (χ0v) is 10.6. The molecule has 0 spiro atoms. The summed E-state index contributed by atoms with van der Waals surface area (Å²) in [7, 11) is 2.05. The third-order valence-electron chi connectivity index (χ3n) is 3.63. The Balaban J connectivity index is 1.66. The second-order valence-electron chi connectivity index (χ2n) is 4.84. The lowest BCUT2D eigenvalue weighted by Crippen LogP contribution is -2.33. The van der Waals surface area contributed by atoms with E-state index in [1.165, 1.54) is 12.8 Å². The van der Waals surface area contributed by atoms with Gasteiger partial charge in [-0.15, -0.1) is 0 Å². The molecule has 0 N–H and O–H groups in total. The van der Waals surface area contributed by atoms with Gasteiger partial charge in [-0.2, -0.15) is 5.10 Å². The molecule has 1 saturated heterocycles. The van der Waals surface area contributed by atoms with Gasteiger partial charge in [0, 0.05) is 25.5 Å². The van der Waals surface area contributed by atoms with Crippen molar-refractivity contribution >= 4 is 0 Å². The summed E-state index contributed by atoms with van der Waals surface area (Å²) in [6.45, 7) is 2.99. The van der Waals surface area contributed by atoms with Crippen molar-refractivity contribution in [2.24, 2.45) is 7.05 Å². The fourth-order valence-corrected chi connectivity index (χ4v) is 2.58. The monoisotopic (exact) mass is 246 g/mol. The van der Waals surface area contributed by atoms with Gasteiger partial charge in [0.1, 0.15) is 18.5 Å². The highest BCUT2D eigenvalue weighted by Crippen LogP contribution is 2.20. The number of likely N-dealkylation sites (tertiary alicyclic amines) is 1. The number of aromatic nitrogens is 5. The maximum atomic E-state index is 4.40. The lowest BCUT2D eigenvalue weighted by atomic mass is 10.2. The zero-order valence-electron chi connectivity index (χ0n) is 10.6. The number of nitrogens with zero attached hydrogens (tertiary/aromatic N) is 6. The van der Waals surface area contributed by atoms with Crippen LogP contribution in [0, 0.1) is 0 Å². The first-order valence-electron chi connectivity index (χ1n) is 6.35. The van der Waals surface area contributed by atoms with Gasteiger partial charge in [-0.25, -0.2) is 9.97 Å². The zero-order chi connectivity index (χ0) is 12.4. The maximum absolute atomic E-state index is 4.40. The lowest BCUT2D eigenvalue weighted by molar-refractivity contribution is 0.212. The van der Waals surface area contributed by atoms with E-state index >= 15 is 0 Å². The van der Waals surface area contributed by atoms with Crippen molar-refractivity contribution in [2.45, 2.75) is 32.0 Å². The van der Waals surface area contributed by atoms with E-state index in [1.807, 2.05) is 24.1 Å². The van der Waals surface area contributed by atoms with Crippen LogP contribution in [-0.4, -0.2) is 41.8 Å². The summed E-state index contributed by atoms with van der Waals surface area (Å²) in [4.78, 5) is 10.9. The Morgan fingerprint density at radius 2 is 2.39 bits per heavy atom. The third-order valence-corrected chi connectivity index (χ3v) is 3.63. The number of hydrogen-bond donors (Lipinski definition) is 0. The Bertz CT molecular complexity index is 488. The van der Waals surface area contributed by atoms with Gasteiger partial charge in [0.15, 0.2) is 0 Å².